The van der Waals surface area contributed by atoms with E-state index in [-0.39, 0.29) is 0 Å². The summed E-state index contributed by atoms with van der Waals surface area (Å²) in [4.78, 5) is 24.0. The molecule has 0 aromatic heterocycles. The van der Waals surface area contributed by atoms with Crippen molar-refractivity contribution in [2.24, 2.45) is 11.3 Å². The van der Waals surface area contributed by atoms with Crippen LogP contribution in [0.5, 0.6) is 0 Å². The molecule has 0 fully saturated rings. The fourth-order valence-corrected chi connectivity index (χ4v) is 4.09. The van der Waals surface area contributed by atoms with Crippen molar-refractivity contribution in [3.8, 4) is 0 Å². The lowest BCUT2D eigenvalue weighted by molar-refractivity contribution is -0.157. The molecule has 0 saturated carbocycles. The maximum absolute atomic E-state index is 12.1. The molecule has 2 atom stereocenters. The highest BCUT2D eigenvalue weighted by atomic mass is 16.4. The highest BCUT2D eigenvalue weighted by Crippen LogP contribution is 2.41. The lowest BCUT2D eigenvalue weighted by Gasteiger charge is -2.33. The molecule has 1 rings (SSSR count). The van der Waals surface area contributed by atoms with E-state index in [1.165, 1.54) is 38.5 Å². The molecule has 2 unspecified atom stereocenters. The summed E-state index contributed by atoms with van der Waals surface area (Å²) in [7, 11) is 0. The van der Waals surface area contributed by atoms with Gasteiger partial charge in [0.25, 0.3) is 0 Å². The number of rotatable bonds is 16. The first-order chi connectivity index (χ1) is 13.5. The average molecular weight is 393 g/mol. The molecule has 0 aliphatic heterocycles. The normalized spacial score (nSPS) is 21.5. The molecule has 0 aromatic carbocycles. The minimum atomic E-state index is -1.30. The summed E-state index contributed by atoms with van der Waals surface area (Å²) in [6.07, 6.45) is 20.0. The van der Waals surface area contributed by atoms with Crippen molar-refractivity contribution in [2.45, 2.75) is 104 Å². The quantitative estimate of drug-likeness (QED) is 0.285. The molecule has 1 aliphatic carbocycles. The van der Waals surface area contributed by atoms with Gasteiger partial charge in [0, 0.05) is 0 Å². The molecule has 160 valence electrons. The van der Waals surface area contributed by atoms with Gasteiger partial charge >= 0.3 is 11.9 Å². The zero-order chi connectivity index (χ0) is 20.8. The van der Waals surface area contributed by atoms with Crippen molar-refractivity contribution in [3.63, 3.8) is 0 Å². The zero-order valence-corrected chi connectivity index (χ0v) is 17.9. The lowest BCUT2D eigenvalue weighted by atomic mass is 9.68. The molecule has 2 N–H and O–H groups in total. The van der Waals surface area contributed by atoms with Crippen LogP contribution in [0.3, 0.4) is 0 Å². The summed E-state index contributed by atoms with van der Waals surface area (Å²) in [6.45, 7) is 4.36. The fraction of sp³-hybridized carbons (Fsp3) is 0.750. The molecule has 0 radical (unpaired) electrons. The van der Waals surface area contributed by atoms with Crippen molar-refractivity contribution in [1.82, 2.24) is 0 Å². The van der Waals surface area contributed by atoms with Gasteiger partial charge in [0.15, 0.2) is 0 Å². The van der Waals surface area contributed by atoms with E-state index in [9.17, 15) is 19.8 Å². The monoisotopic (exact) mass is 392 g/mol. The van der Waals surface area contributed by atoms with Crippen molar-refractivity contribution in [3.05, 3.63) is 23.8 Å². The molecule has 0 saturated heterocycles. The largest absolute Gasteiger partial charge is 0.481 e. The Morgan fingerprint density at radius 3 is 1.93 bits per heavy atom. The summed E-state index contributed by atoms with van der Waals surface area (Å²) in [5.41, 5.74) is -0.330. The van der Waals surface area contributed by atoms with E-state index >= 15 is 0 Å². The lowest BCUT2D eigenvalue weighted by Crippen LogP contribution is -2.41. The third-order valence-corrected chi connectivity index (χ3v) is 5.96. The van der Waals surface area contributed by atoms with Gasteiger partial charge in [-0.2, -0.15) is 0 Å². The van der Waals surface area contributed by atoms with Gasteiger partial charge < -0.3 is 10.2 Å². The topological polar surface area (TPSA) is 74.6 Å². The summed E-state index contributed by atoms with van der Waals surface area (Å²) in [6, 6.07) is 0. The first-order valence-corrected chi connectivity index (χ1v) is 11.3. The highest BCUT2D eigenvalue weighted by molar-refractivity contribution is 5.87. The summed E-state index contributed by atoms with van der Waals surface area (Å²) in [5.74, 6) is -3.02. The van der Waals surface area contributed by atoms with Gasteiger partial charge in [0.2, 0.25) is 0 Å². The number of allylic oxidation sites excluding steroid dienone is 2. The van der Waals surface area contributed by atoms with Crippen LogP contribution in [0.25, 0.3) is 0 Å². The standard InChI is InChI=1S/C24H40O4/c1-3-5-7-9-11-13-15-20-16-18-24(23(27)28,21(19-20)22(25)26)17-14-12-10-8-6-4-2/h16,18-19,21H,3-15,17H2,1-2H3,(H,25,26)(H,27,28). The van der Waals surface area contributed by atoms with Gasteiger partial charge in [-0.3, -0.25) is 9.59 Å². The molecule has 0 bridgehead atoms. The minimum Gasteiger partial charge on any atom is -0.481 e. The summed E-state index contributed by atoms with van der Waals surface area (Å²) < 4.78 is 0. The Bertz CT molecular complexity index is 535. The Morgan fingerprint density at radius 2 is 1.39 bits per heavy atom. The fourth-order valence-electron chi connectivity index (χ4n) is 4.09. The van der Waals surface area contributed by atoms with E-state index in [1.54, 1.807) is 12.2 Å². The van der Waals surface area contributed by atoms with Crippen LogP contribution in [0.2, 0.25) is 0 Å². The molecule has 4 heteroatoms. The van der Waals surface area contributed by atoms with Crippen LogP contribution in [0.15, 0.2) is 23.8 Å². The van der Waals surface area contributed by atoms with E-state index in [4.69, 9.17) is 0 Å². The number of carboxylic acids is 2. The molecule has 0 spiro atoms. The number of carbonyl (C=O) groups is 2. The molecule has 4 nitrogen and oxygen atoms in total. The van der Waals surface area contributed by atoms with Crippen LogP contribution in [-0.4, -0.2) is 22.2 Å². The van der Waals surface area contributed by atoms with Gasteiger partial charge in [-0.15, -0.1) is 0 Å². The molecular weight excluding hydrogens is 352 g/mol. The van der Waals surface area contributed by atoms with Gasteiger partial charge in [-0.05, 0) is 19.3 Å². The van der Waals surface area contributed by atoms with E-state index in [1.807, 2.05) is 6.08 Å². The van der Waals surface area contributed by atoms with Crippen LogP contribution in [0.1, 0.15) is 104 Å². The summed E-state index contributed by atoms with van der Waals surface area (Å²) >= 11 is 0. The van der Waals surface area contributed by atoms with Crippen molar-refractivity contribution in [1.29, 1.82) is 0 Å². The Kier molecular flexibility index (Phi) is 11.9. The maximum Gasteiger partial charge on any atom is 0.314 e. The highest BCUT2D eigenvalue weighted by Gasteiger charge is 2.47. The van der Waals surface area contributed by atoms with Gasteiger partial charge in [0.1, 0.15) is 5.41 Å². The van der Waals surface area contributed by atoms with Crippen molar-refractivity contribution in [2.75, 3.05) is 0 Å². The number of hydrogen-bond acceptors (Lipinski definition) is 2. The predicted molar refractivity (Wildman–Crippen MR) is 114 cm³/mol. The first-order valence-electron chi connectivity index (χ1n) is 11.3. The minimum absolute atomic E-state index is 0.392. The van der Waals surface area contributed by atoms with Gasteiger partial charge in [-0.1, -0.05) is 108 Å². The molecule has 28 heavy (non-hydrogen) atoms. The van der Waals surface area contributed by atoms with E-state index < -0.39 is 23.3 Å². The predicted octanol–water partition coefficient (Wildman–Crippen LogP) is 6.76. The Balaban J connectivity index is 2.65. The van der Waals surface area contributed by atoms with Crippen molar-refractivity contribution < 1.29 is 19.8 Å². The molecular formula is C24H40O4. The zero-order valence-electron chi connectivity index (χ0n) is 17.9. The van der Waals surface area contributed by atoms with Crippen molar-refractivity contribution >= 4 is 11.9 Å². The van der Waals surface area contributed by atoms with Crippen LogP contribution in [0, 0.1) is 11.3 Å². The van der Waals surface area contributed by atoms with Crippen LogP contribution in [0.4, 0.5) is 0 Å². The molecule has 0 aromatic rings. The van der Waals surface area contributed by atoms with Crippen LogP contribution >= 0.6 is 0 Å². The number of carboxylic acid groups (broad SMARTS) is 2. The van der Waals surface area contributed by atoms with Crippen LogP contribution < -0.4 is 0 Å². The molecule has 1 aliphatic rings. The third kappa shape index (κ3) is 7.81. The smallest absolute Gasteiger partial charge is 0.314 e. The molecule has 0 amide bonds. The average Bonchev–Trinajstić information content (AvgIpc) is 2.67. The van der Waals surface area contributed by atoms with Gasteiger partial charge in [0.05, 0.1) is 5.92 Å². The second-order valence-electron chi connectivity index (χ2n) is 8.27. The number of hydrogen-bond donors (Lipinski definition) is 2. The molecule has 0 heterocycles. The SMILES string of the molecule is CCCCCCCCC1=CC(C(=O)O)C(CCCCCCCC)(C(=O)O)C=C1. The van der Waals surface area contributed by atoms with Gasteiger partial charge in [-0.25, -0.2) is 0 Å². The van der Waals surface area contributed by atoms with E-state index in [2.05, 4.69) is 13.8 Å². The van der Waals surface area contributed by atoms with E-state index in [0.717, 1.165) is 50.5 Å². The summed E-state index contributed by atoms with van der Waals surface area (Å²) in [5, 5.41) is 19.6. The Labute approximate surface area is 171 Å². The Hall–Kier alpha value is -1.58. The van der Waals surface area contributed by atoms with E-state index in [0.29, 0.717) is 6.42 Å². The second-order valence-corrected chi connectivity index (χ2v) is 8.27. The van der Waals surface area contributed by atoms with Crippen LogP contribution in [-0.2, 0) is 9.59 Å². The Morgan fingerprint density at radius 1 is 0.857 bits per heavy atom. The first kappa shape index (κ1) is 24.5. The maximum atomic E-state index is 12.1. The second kappa shape index (κ2) is 13.6. The third-order valence-electron chi connectivity index (χ3n) is 5.96. The number of unbranched alkanes of at least 4 members (excludes halogenated alkanes) is 10. The number of aliphatic carboxylic acids is 2.